The van der Waals surface area contributed by atoms with Gasteiger partial charge in [-0.15, -0.1) is 0 Å². The maximum Gasteiger partial charge on any atom is 0.138 e. The van der Waals surface area contributed by atoms with E-state index >= 15 is 0 Å². The summed E-state index contributed by atoms with van der Waals surface area (Å²) in [5, 5.41) is 3.78. The van der Waals surface area contributed by atoms with Crippen LogP contribution >= 0.6 is 0 Å². The van der Waals surface area contributed by atoms with E-state index < -0.39 is 0 Å². The fourth-order valence-corrected chi connectivity index (χ4v) is 1.81. The first-order valence-electron chi connectivity index (χ1n) is 4.82. The smallest absolute Gasteiger partial charge is 0.138 e. The SMILES string of the molecule is Cc1oncc1CN1CC(C)C1C. The lowest BCUT2D eigenvalue weighted by Crippen LogP contribution is -2.52. The second-order valence-electron chi connectivity index (χ2n) is 4.05. The molecule has 2 unspecified atom stereocenters. The molecule has 1 aliphatic heterocycles. The molecule has 0 spiro atoms. The molecular formula is C10H16N2O. The van der Waals surface area contributed by atoms with Crippen molar-refractivity contribution in [2.75, 3.05) is 6.54 Å². The van der Waals surface area contributed by atoms with E-state index in [4.69, 9.17) is 4.52 Å². The zero-order valence-electron chi connectivity index (χ0n) is 8.45. The second kappa shape index (κ2) is 3.14. The summed E-state index contributed by atoms with van der Waals surface area (Å²) >= 11 is 0. The third-order valence-corrected chi connectivity index (χ3v) is 3.15. The number of aromatic nitrogens is 1. The zero-order valence-corrected chi connectivity index (χ0v) is 8.45. The van der Waals surface area contributed by atoms with Gasteiger partial charge < -0.3 is 4.52 Å². The lowest BCUT2D eigenvalue weighted by atomic mass is 9.91. The summed E-state index contributed by atoms with van der Waals surface area (Å²) in [7, 11) is 0. The summed E-state index contributed by atoms with van der Waals surface area (Å²) < 4.78 is 5.02. The van der Waals surface area contributed by atoms with Crippen LogP contribution in [0.1, 0.15) is 25.2 Å². The van der Waals surface area contributed by atoms with Crippen LogP contribution in [0.3, 0.4) is 0 Å². The van der Waals surface area contributed by atoms with Crippen LogP contribution in [0.25, 0.3) is 0 Å². The molecule has 0 aliphatic carbocycles. The van der Waals surface area contributed by atoms with Gasteiger partial charge in [-0.2, -0.15) is 0 Å². The molecule has 13 heavy (non-hydrogen) atoms. The van der Waals surface area contributed by atoms with Crippen molar-refractivity contribution < 1.29 is 4.52 Å². The molecule has 3 nitrogen and oxygen atoms in total. The van der Waals surface area contributed by atoms with Crippen molar-refractivity contribution in [3.8, 4) is 0 Å². The zero-order chi connectivity index (χ0) is 9.42. The molecule has 0 aromatic carbocycles. The van der Waals surface area contributed by atoms with E-state index in [1.807, 2.05) is 13.1 Å². The first-order valence-corrected chi connectivity index (χ1v) is 4.82. The van der Waals surface area contributed by atoms with Gasteiger partial charge in [0.1, 0.15) is 5.76 Å². The third-order valence-electron chi connectivity index (χ3n) is 3.15. The summed E-state index contributed by atoms with van der Waals surface area (Å²) in [6.45, 7) is 8.72. The second-order valence-corrected chi connectivity index (χ2v) is 4.05. The largest absolute Gasteiger partial charge is 0.361 e. The highest BCUT2D eigenvalue weighted by Gasteiger charge is 2.31. The quantitative estimate of drug-likeness (QED) is 0.695. The van der Waals surface area contributed by atoms with Gasteiger partial charge in [-0.1, -0.05) is 12.1 Å². The van der Waals surface area contributed by atoms with Gasteiger partial charge in [0.15, 0.2) is 0 Å². The monoisotopic (exact) mass is 180 g/mol. The van der Waals surface area contributed by atoms with Gasteiger partial charge in [0.2, 0.25) is 0 Å². The van der Waals surface area contributed by atoms with Crippen molar-refractivity contribution in [1.82, 2.24) is 10.1 Å². The van der Waals surface area contributed by atoms with Crippen LogP contribution in [-0.2, 0) is 6.54 Å². The van der Waals surface area contributed by atoms with Gasteiger partial charge >= 0.3 is 0 Å². The van der Waals surface area contributed by atoms with E-state index in [0.717, 1.165) is 18.2 Å². The van der Waals surface area contributed by atoms with Crippen molar-refractivity contribution in [3.63, 3.8) is 0 Å². The predicted molar refractivity (Wildman–Crippen MR) is 50.3 cm³/mol. The fourth-order valence-electron chi connectivity index (χ4n) is 1.81. The number of likely N-dealkylation sites (tertiary alicyclic amines) is 1. The predicted octanol–water partition coefficient (Wildman–Crippen LogP) is 1.82. The van der Waals surface area contributed by atoms with E-state index in [9.17, 15) is 0 Å². The Hall–Kier alpha value is -0.830. The average Bonchev–Trinajstić information content (AvgIpc) is 2.51. The molecule has 3 heteroatoms. The molecule has 0 radical (unpaired) electrons. The first kappa shape index (κ1) is 8.75. The minimum Gasteiger partial charge on any atom is -0.361 e. The van der Waals surface area contributed by atoms with E-state index in [1.54, 1.807) is 0 Å². The van der Waals surface area contributed by atoms with Gasteiger partial charge in [-0.25, -0.2) is 0 Å². The Kier molecular flexibility index (Phi) is 2.12. The van der Waals surface area contributed by atoms with Crippen LogP contribution in [0, 0.1) is 12.8 Å². The van der Waals surface area contributed by atoms with E-state index in [2.05, 4.69) is 23.9 Å². The van der Waals surface area contributed by atoms with Crippen LogP contribution in [0.2, 0.25) is 0 Å². The Balaban J connectivity index is 1.97. The number of nitrogens with zero attached hydrogens (tertiary/aromatic N) is 2. The molecule has 2 heterocycles. The van der Waals surface area contributed by atoms with Crippen LogP contribution in [0.4, 0.5) is 0 Å². The van der Waals surface area contributed by atoms with Crippen molar-refractivity contribution in [1.29, 1.82) is 0 Å². The molecule has 0 N–H and O–H groups in total. The van der Waals surface area contributed by atoms with Crippen molar-refractivity contribution in [3.05, 3.63) is 17.5 Å². The topological polar surface area (TPSA) is 29.3 Å². The lowest BCUT2D eigenvalue weighted by Gasteiger charge is -2.44. The number of rotatable bonds is 2. The van der Waals surface area contributed by atoms with Crippen LogP contribution in [-0.4, -0.2) is 22.6 Å². The number of hydrogen-bond donors (Lipinski definition) is 0. The van der Waals surface area contributed by atoms with Crippen LogP contribution in [0.15, 0.2) is 10.7 Å². The van der Waals surface area contributed by atoms with E-state index in [0.29, 0.717) is 6.04 Å². The van der Waals surface area contributed by atoms with Gasteiger partial charge in [0.25, 0.3) is 0 Å². The molecule has 2 atom stereocenters. The molecule has 72 valence electrons. The standard InChI is InChI=1S/C10H16N2O/c1-7-5-12(8(7)2)6-10-4-11-13-9(10)3/h4,7-8H,5-6H2,1-3H3. The molecule has 1 aliphatic rings. The van der Waals surface area contributed by atoms with Gasteiger partial charge in [-0.3, -0.25) is 4.90 Å². The molecule has 0 saturated carbocycles. The maximum atomic E-state index is 5.02. The minimum absolute atomic E-state index is 0.703. The molecular weight excluding hydrogens is 164 g/mol. The van der Waals surface area contributed by atoms with Gasteiger partial charge in [0, 0.05) is 24.7 Å². The van der Waals surface area contributed by atoms with Gasteiger partial charge in [-0.05, 0) is 19.8 Å². The Labute approximate surface area is 78.7 Å². The molecule has 1 saturated heterocycles. The molecule has 1 fully saturated rings. The number of aryl methyl sites for hydroxylation is 1. The van der Waals surface area contributed by atoms with Gasteiger partial charge in [0.05, 0.1) is 6.20 Å². The molecule has 0 amide bonds. The maximum absolute atomic E-state index is 5.02. The Bertz CT molecular complexity index is 295. The first-order chi connectivity index (χ1) is 6.18. The summed E-state index contributed by atoms with van der Waals surface area (Å²) in [4.78, 5) is 2.45. The normalized spacial score (nSPS) is 28.8. The Morgan fingerprint density at radius 3 is 2.85 bits per heavy atom. The minimum atomic E-state index is 0.703. The summed E-state index contributed by atoms with van der Waals surface area (Å²) in [6.07, 6.45) is 1.82. The fraction of sp³-hybridized carbons (Fsp3) is 0.700. The van der Waals surface area contributed by atoms with Crippen LogP contribution < -0.4 is 0 Å². The highest BCUT2D eigenvalue weighted by Crippen LogP contribution is 2.26. The highest BCUT2D eigenvalue weighted by molar-refractivity contribution is 5.12. The molecule has 0 bridgehead atoms. The van der Waals surface area contributed by atoms with Crippen molar-refractivity contribution in [2.45, 2.75) is 33.4 Å². The van der Waals surface area contributed by atoms with E-state index in [1.165, 1.54) is 12.1 Å². The molecule has 1 aromatic rings. The van der Waals surface area contributed by atoms with Crippen molar-refractivity contribution >= 4 is 0 Å². The van der Waals surface area contributed by atoms with E-state index in [-0.39, 0.29) is 0 Å². The molecule has 2 rings (SSSR count). The Morgan fingerprint density at radius 1 is 1.62 bits per heavy atom. The van der Waals surface area contributed by atoms with Crippen molar-refractivity contribution in [2.24, 2.45) is 5.92 Å². The average molecular weight is 180 g/mol. The van der Waals surface area contributed by atoms with Crippen LogP contribution in [0.5, 0.6) is 0 Å². The highest BCUT2D eigenvalue weighted by atomic mass is 16.5. The summed E-state index contributed by atoms with van der Waals surface area (Å²) in [6, 6.07) is 0.703. The lowest BCUT2D eigenvalue weighted by molar-refractivity contribution is 0.0303. The third kappa shape index (κ3) is 1.48. The Morgan fingerprint density at radius 2 is 2.38 bits per heavy atom. The summed E-state index contributed by atoms with van der Waals surface area (Å²) in [5.41, 5.74) is 1.22. The number of hydrogen-bond acceptors (Lipinski definition) is 3. The summed E-state index contributed by atoms with van der Waals surface area (Å²) in [5.74, 6) is 1.78. The molecule has 1 aromatic heterocycles.